The van der Waals surface area contributed by atoms with Gasteiger partial charge in [-0.2, -0.15) is 0 Å². The van der Waals surface area contributed by atoms with E-state index < -0.39 is 0 Å². The van der Waals surface area contributed by atoms with E-state index in [1.807, 2.05) is 25.1 Å². The van der Waals surface area contributed by atoms with Crippen LogP contribution in [0.1, 0.15) is 12.5 Å². The molecule has 0 radical (unpaired) electrons. The summed E-state index contributed by atoms with van der Waals surface area (Å²) < 4.78 is 0. The van der Waals surface area contributed by atoms with Gasteiger partial charge in [0.15, 0.2) is 0 Å². The first-order valence-corrected chi connectivity index (χ1v) is 4.34. The van der Waals surface area contributed by atoms with Crippen LogP contribution < -0.4 is 0 Å². The Bertz CT molecular complexity index is 261. The summed E-state index contributed by atoms with van der Waals surface area (Å²) in [5, 5.41) is 4.31. The monoisotopic (exact) mass is 178 g/mol. The summed E-state index contributed by atoms with van der Waals surface area (Å²) in [5.74, 6) is 0. The molecule has 0 saturated heterocycles. The van der Waals surface area contributed by atoms with E-state index in [2.05, 4.69) is 17.4 Å². The SMILES string of the molecule is C[C@@H](Cc1ccccc1)N(C)N=O. The highest BCUT2D eigenvalue weighted by Gasteiger charge is 2.07. The molecule has 0 aliphatic rings. The molecule has 0 aliphatic carbocycles. The fraction of sp³-hybridized carbons (Fsp3) is 0.400. The van der Waals surface area contributed by atoms with Crippen molar-refractivity contribution in [2.75, 3.05) is 7.05 Å². The van der Waals surface area contributed by atoms with Crippen LogP contribution in [0, 0.1) is 4.91 Å². The van der Waals surface area contributed by atoms with E-state index >= 15 is 0 Å². The lowest BCUT2D eigenvalue weighted by Gasteiger charge is -2.17. The predicted molar refractivity (Wildman–Crippen MR) is 53.2 cm³/mol. The standard InChI is InChI=1S/C10H14N2O/c1-9(12(2)11-13)8-10-6-4-3-5-7-10/h3-7,9H,8H2,1-2H3/t9-/m0/s1. The first kappa shape index (κ1) is 9.71. The van der Waals surface area contributed by atoms with Gasteiger partial charge in [0, 0.05) is 7.05 Å². The van der Waals surface area contributed by atoms with Crippen molar-refractivity contribution in [1.29, 1.82) is 0 Å². The van der Waals surface area contributed by atoms with Crippen molar-refractivity contribution in [3.05, 3.63) is 40.8 Å². The molecule has 0 spiro atoms. The predicted octanol–water partition coefficient (Wildman–Crippen LogP) is 2.23. The second kappa shape index (κ2) is 4.60. The summed E-state index contributed by atoms with van der Waals surface area (Å²) >= 11 is 0. The summed E-state index contributed by atoms with van der Waals surface area (Å²) in [7, 11) is 1.70. The van der Waals surface area contributed by atoms with Gasteiger partial charge >= 0.3 is 0 Å². The molecule has 70 valence electrons. The summed E-state index contributed by atoms with van der Waals surface area (Å²) in [6, 6.07) is 10.2. The minimum atomic E-state index is 0.153. The van der Waals surface area contributed by atoms with Crippen molar-refractivity contribution in [3.63, 3.8) is 0 Å². The van der Waals surface area contributed by atoms with Crippen LogP contribution in [0.4, 0.5) is 0 Å². The minimum Gasteiger partial charge on any atom is -0.261 e. The topological polar surface area (TPSA) is 32.7 Å². The Balaban J connectivity index is 2.54. The lowest BCUT2D eigenvalue weighted by atomic mass is 10.1. The summed E-state index contributed by atoms with van der Waals surface area (Å²) in [5.41, 5.74) is 1.23. The zero-order valence-corrected chi connectivity index (χ0v) is 7.97. The lowest BCUT2D eigenvalue weighted by molar-refractivity contribution is 0.265. The Hall–Kier alpha value is -1.38. The van der Waals surface area contributed by atoms with E-state index in [4.69, 9.17) is 0 Å². The zero-order chi connectivity index (χ0) is 9.68. The second-order valence-electron chi connectivity index (χ2n) is 3.19. The Kier molecular flexibility index (Phi) is 3.43. The summed E-state index contributed by atoms with van der Waals surface area (Å²) in [4.78, 5) is 10.2. The maximum absolute atomic E-state index is 10.2. The summed E-state index contributed by atoms with van der Waals surface area (Å²) in [6.45, 7) is 1.98. The molecule has 0 aromatic heterocycles. The number of nitrogens with zero attached hydrogens (tertiary/aromatic N) is 2. The van der Waals surface area contributed by atoms with Crippen LogP contribution in [0.5, 0.6) is 0 Å². The summed E-state index contributed by atoms with van der Waals surface area (Å²) in [6.07, 6.45) is 0.850. The largest absolute Gasteiger partial charge is 0.261 e. The molecule has 3 heteroatoms. The van der Waals surface area contributed by atoms with Crippen molar-refractivity contribution in [2.24, 2.45) is 5.29 Å². The molecule has 0 N–H and O–H groups in total. The molecule has 0 unspecified atom stereocenters. The fourth-order valence-electron chi connectivity index (χ4n) is 1.17. The van der Waals surface area contributed by atoms with Gasteiger partial charge in [-0.15, -0.1) is 4.91 Å². The van der Waals surface area contributed by atoms with Gasteiger partial charge < -0.3 is 0 Å². The minimum absolute atomic E-state index is 0.153. The van der Waals surface area contributed by atoms with Gasteiger partial charge in [0.1, 0.15) is 0 Å². The quantitative estimate of drug-likeness (QED) is 0.523. The van der Waals surface area contributed by atoms with Gasteiger partial charge in [-0.3, -0.25) is 5.01 Å². The third-order valence-electron chi connectivity index (χ3n) is 2.14. The Labute approximate surface area is 78.3 Å². The number of hydrogen-bond donors (Lipinski definition) is 0. The number of benzene rings is 1. The molecule has 1 atom stereocenters. The molecule has 0 aliphatic heterocycles. The Morgan fingerprint density at radius 1 is 1.38 bits per heavy atom. The van der Waals surface area contributed by atoms with Crippen molar-refractivity contribution >= 4 is 0 Å². The third-order valence-corrected chi connectivity index (χ3v) is 2.14. The highest BCUT2D eigenvalue weighted by atomic mass is 16.3. The van der Waals surface area contributed by atoms with Crippen LogP contribution in [-0.4, -0.2) is 18.1 Å². The molecule has 1 aromatic carbocycles. The second-order valence-corrected chi connectivity index (χ2v) is 3.19. The van der Waals surface area contributed by atoms with E-state index in [1.54, 1.807) is 7.05 Å². The average molecular weight is 178 g/mol. The molecule has 0 fully saturated rings. The van der Waals surface area contributed by atoms with E-state index in [-0.39, 0.29) is 6.04 Å². The highest BCUT2D eigenvalue weighted by Crippen LogP contribution is 2.06. The molecule has 1 aromatic rings. The van der Waals surface area contributed by atoms with Crippen LogP contribution in [0.3, 0.4) is 0 Å². The van der Waals surface area contributed by atoms with Gasteiger partial charge in [0.05, 0.1) is 11.3 Å². The number of likely N-dealkylation sites (N-methyl/N-ethyl adjacent to an activating group) is 1. The first-order valence-electron chi connectivity index (χ1n) is 4.34. The van der Waals surface area contributed by atoms with Crippen LogP contribution in [-0.2, 0) is 6.42 Å². The number of rotatable bonds is 4. The Morgan fingerprint density at radius 3 is 2.54 bits per heavy atom. The molecule has 13 heavy (non-hydrogen) atoms. The first-order chi connectivity index (χ1) is 6.24. The highest BCUT2D eigenvalue weighted by molar-refractivity contribution is 5.15. The molecular weight excluding hydrogens is 164 g/mol. The lowest BCUT2D eigenvalue weighted by Crippen LogP contribution is -2.25. The van der Waals surface area contributed by atoms with Gasteiger partial charge in [-0.1, -0.05) is 30.3 Å². The van der Waals surface area contributed by atoms with Crippen molar-refractivity contribution < 1.29 is 0 Å². The van der Waals surface area contributed by atoms with Gasteiger partial charge in [0.2, 0.25) is 0 Å². The molecule has 1 rings (SSSR count). The number of hydrogen-bond acceptors (Lipinski definition) is 2. The molecular formula is C10H14N2O. The van der Waals surface area contributed by atoms with Crippen LogP contribution in [0.25, 0.3) is 0 Å². The van der Waals surface area contributed by atoms with Crippen LogP contribution >= 0.6 is 0 Å². The van der Waals surface area contributed by atoms with Crippen LogP contribution in [0.2, 0.25) is 0 Å². The van der Waals surface area contributed by atoms with Crippen LogP contribution in [0.15, 0.2) is 35.6 Å². The number of nitroso groups, excluding NO2 is 1. The molecule has 0 bridgehead atoms. The third kappa shape index (κ3) is 2.86. The molecule has 0 heterocycles. The maximum Gasteiger partial charge on any atom is 0.0523 e. The molecule has 3 nitrogen and oxygen atoms in total. The fourth-order valence-corrected chi connectivity index (χ4v) is 1.17. The van der Waals surface area contributed by atoms with E-state index in [1.165, 1.54) is 10.6 Å². The van der Waals surface area contributed by atoms with Crippen molar-refractivity contribution in [1.82, 2.24) is 5.01 Å². The van der Waals surface area contributed by atoms with E-state index in [0.717, 1.165) is 6.42 Å². The normalized spacial score (nSPS) is 12.2. The average Bonchev–Trinajstić information content (AvgIpc) is 2.18. The van der Waals surface area contributed by atoms with Gasteiger partial charge in [-0.05, 0) is 18.9 Å². The smallest absolute Gasteiger partial charge is 0.0523 e. The van der Waals surface area contributed by atoms with Gasteiger partial charge in [-0.25, -0.2) is 0 Å². The Morgan fingerprint density at radius 2 is 2.00 bits per heavy atom. The zero-order valence-electron chi connectivity index (χ0n) is 7.97. The van der Waals surface area contributed by atoms with E-state index in [0.29, 0.717) is 0 Å². The van der Waals surface area contributed by atoms with Crippen molar-refractivity contribution in [2.45, 2.75) is 19.4 Å². The van der Waals surface area contributed by atoms with Crippen molar-refractivity contribution in [3.8, 4) is 0 Å². The molecule has 0 saturated carbocycles. The van der Waals surface area contributed by atoms with Gasteiger partial charge in [0.25, 0.3) is 0 Å². The maximum atomic E-state index is 10.2. The van der Waals surface area contributed by atoms with E-state index in [9.17, 15) is 4.91 Å². The molecule has 0 amide bonds.